The van der Waals surface area contributed by atoms with Gasteiger partial charge in [-0.05, 0) is 43.5 Å². The number of nitrogens with one attached hydrogen (secondary N) is 1. The molecule has 0 aliphatic heterocycles. The molecule has 120 valence electrons. The van der Waals surface area contributed by atoms with Gasteiger partial charge in [0.1, 0.15) is 0 Å². The van der Waals surface area contributed by atoms with Crippen LogP contribution >= 0.6 is 11.6 Å². The molecule has 0 radical (unpaired) electrons. The second-order valence-electron chi connectivity index (χ2n) is 5.96. The number of hydrogen-bond acceptors (Lipinski definition) is 2. The number of fused-ring (bicyclic) bond motifs is 1. The lowest BCUT2D eigenvalue weighted by Crippen LogP contribution is -2.30. The molecule has 1 aromatic carbocycles. The van der Waals surface area contributed by atoms with Gasteiger partial charge in [-0.1, -0.05) is 18.5 Å². The molecule has 0 aliphatic carbocycles. The zero-order valence-corrected chi connectivity index (χ0v) is 13.8. The lowest BCUT2D eigenvalue weighted by atomic mass is 10.0. The van der Waals surface area contributed by atoms with Crippen molar-refractivity contribution in [3.63, 3.8) is 0 Å². The monoisotopic (exact) mass is 322 g/mol. The minimum Gasteiger partial charge on any atom is -0.393 e. The first-order valence-corrected chi connectivity index (χ1v) is 8.02. The zero-order valence-electron chi connectivity index (χ0n) is 13.1. The predicted octanol–water partition coefficient (Wildman–Crippen LogP) is 3.21. The van der Waals surface area contributed by atoms with Crippen LogP contribution in [-0.2, 0) is 11.3 Å². The minimum absolute atomic E-state index is 0.0354. The minimum atomic E-state index is -0.329. The van der Waals surface area contributed by atoms with Gasteiger partial charge < -0.3 is 15.0 Å². The molecule has 4 nitrogen and oxygen atoms in total. The molecule has 2 unspecified atom stereocenters. The molecule has 0 aliphatic rings. The van der Waals surface area contributed by atoms with E-state index >= 15 is 0 Å². The summed E-state index contributed by atoms with van der Waals surface area (Å²) in [5, 5.41) is 14.0. The third-order valence-electron chi connectivity index (χ3n) is 3.70. The highest BCUT2D eigenvalue weighted by molar-refractivity contribution is 6.31. The van der Waals surface area contributed by atoms with Crippen LogP contribution in [0.1, 0.15) is 26.7 Å². The van der Waals surface area contributed by atoms with E-state index in [0.717, 1.165) is 15.9 Å². The maximum atomic E-state index is 11.9. The van der Waals surface area contributed by atoms with Gasteiger partial charge in [0, 0.05) is 41.6 Å². The second-order valence-corrected chi connectivity index (χ2v) is 6.39. The van der Waals surface area contributed by atoms with Crippen LogP contribution in [0, 0.1) is 5.92 Å². The van der Waals surface area contributed by atoms with Gasteiger partial charge in [0.2, 0.25) is 5.91 Å². The fourth-order valence-corrected chi connectivity index (χ4v) is 2.81. The number of amides is 1. The van der Waals surface area contributed by atoms with Gasteiger partial charge in [-0.25, -0.2) is 0 Å². The quantitative estimate of drug-likeness (QED) is 0.822. The smallest absolute Gasteiger partial charge is 0.221 e. The lowest BCUT2D eigenvalue weighted by molar-refractivity contribution is -0.121. The number of halogens is 1. The second kappa shape index (κ2) is 7.65. The molecule has 22 heavy (non-hydrogen) atoms. The Morgan fingerprint density at radius 1 is 1.36 bits per heavy atom. The molecule has 0 saturated heterocycles. The molecule has 1 amide bonds. The van der Waals surface area contributed by atoms with Crippen LogP contribution in [0.2, 0.25) is 5.02 Å². The van der Waals surface area contributed by atoms with E-state index in [1.807, 2.05) is 37.4 Å². The summed E-state index contributed by atoms with van der Waals surface area (Å²) in [4.78, 5) is 11.9. The molecule has 0 fully saturated rings. The van der Waals surface area contributed by atoms with Gasteiger partial charge in [0.25, 0.3) is 0 Å². The van der Waals surface area contributed by atoms with Crippen molar-refractivity contribution in [2.75, 3.05) is 6.54 Å². The van der Waals surface area contributed by atoms with Crippen molar-refractivity contribution in [3.05, 3.63) is 35.5 Å². The molecule has 1 aromatic heterocycles. The van der Waals surface area contributed by atoms with Crippen molar-refractivity contribution < 1.29 is 9.90 Å². The van der Waals surface area contributed by atoms with Crippen molar-refractivity contribution in [1.82, 2.24) is 9.88 Å². The van der Waals surface area contributed by atoms with E-state index in [4.69, 9.17) is 11.6 Å². The van der Waals surface area contributed by atoms with Crippen LogP contribution in [-0.4, -0.2) is 28.2 Å². The van der Waals surface area contributed by atoms with Gasteiger partial charge in [-0.3, -0.25) is 4.79 Å². The molecule has 0 bridgehead atoms. The van der Waals surface area contributed by atoms with Crippen molar-refractivity contribution in [1.29, 1.82) is 0 Å². The van der Waals surface area contributed by atoms with Gasteiger partial charge in [0.05, 0.1) is 6.10 Å². The molecular formula is C17H23ClN2O2. The number of carbonyl (C=O) groups excluding carboxylic acids is 1. The molecule has 2 N–H and O–H groups in total. The maximum absolute atomic E-state index is 11.9. The third kappa shape index (κ3) is 4.75. The average Bonchev–Trinajstić information content (AvgIpc) is 2.84. The molecular weight excluding hydrogens is 300 g/mol. The highest BCUT2D eigenvalue weighted by Gasteiger charge is 2.09. The number of aliphatic hydroxyl groups excluding tert-OH is 1. The van der Waals surface area contributed by atoms with E-state index in [1.54, 1.807) is 6.92 Å². The Kier molecular flexibility index (Phi) is 5.86. The molecule has 2 aromatic rings. The highest BCUT2D eigenvalue weighted by atomic mass is 35.5. The number of rotatable bonds is 7. The number of hydrogen-bond donors (Lipinski definition) is 2. The van der Waals surface area contributed by atoms with Crippen LogP contribution < -0.4 is 5.32 Å². The van der Waals surface area contributed by atoms with Crippen molar-refractivity contribution in [3.8, 4) is 0 Å². The summed E-state index contributed by atoms with van der Waals surface area (Å²) < 4.78 is 2.06. The summed E-state index contributed by atoms with van der Waals surface area (Å²) in [6.45, 7) is 5.03. The maximum Gasteiger partial charge on any atom is 0.221 e. The van der Waals surface area contributed by atoms with E-state index in [9.17, 15) is 9.90 Å². The summed E-state index contributed by atoms with van der Waals surface area (Å²) in [5.74, 6) is 0.312. The number of aromatic nitrogens is 1. The Morgan fingerprint density at radius 3 is 2.86 bits per heavy atom. The number of aryl methyl sites for hydroxylation is 1. The Hall–Kier alpha value is -1.52. The number of carbonyl (C=O) groups is 1. The van der Waals surface area contributed by atoms with E-state index in [1.165, 1.54) is 0 Å². The van der Waals surface area contributed by atoms with Crippen LogP contribution in [0.15, 0.2) is 30.5 Å². The van der Waals surface area contributed by atoms with Crippen LogP contribution in [0.5, 0.6) is 0 Å². The molecule has 0 saturated carbocycles. The van der Waals surface area contributed by atoms with Crippen molar-refractivity contribution >= 4 is 28.4 Å². The van der Waals surface area contributed by atoms with Gasteiger partial charge >= 0.3 is 0 Å². The molecule has 1 heterocycles. The summed E-state index contributed by atoms with van der Waals surface area (Å²) >= 11 is 5.97. The Balaban J connectivity index is 1.83. The topological polar surface area (TPSA) is 54.3 Å². The van der Waals surface area contributed by atoms with E-state index < -0.39 is 0 Å². The highest BCUT2D eigenvalue weighted by Crippen LogP contribution is 2.20. The molecule has 2 atom stereocenters. The predicted molar refractivity (Wildman–Crippen MR) is 90.0 cm³/mol. The number of aliphatic hydroxyl groups is 1. The van der Waals surface area contributed by atoms with Gasteiger partial charge in [-0.2, -0.15) is 0 Å². The van der Waals surface area contributed by atoms with Gasteiger partial charge in [0.15, 0.2) is 0 Å². The van der Waals surface area contributed by atoms with E-state index in [0.29, 0.717) is 25.9 Å². The Labute approximate surface area is 136 Å². The fraction of sp³-hybridized carbons (Fsp3) is 0.471. The SMILES string of the molecule is CC(O)CC(C)CNC(=O)CCn1ccc2cc(Cl)ccc21. The number of benzene rings is 1. The lowest BCUT2D eigenvalue weighted by Gasteiger charge is -2.14. The Bertz CT molecular complexity index is 637. The first kappa shape index (κ1) is 16.8. The van der Waals surface area contributed by atoms with E-state index in [2.05, 4.69) is 9.88 Å². The molecule has 0 spiro atoms. The van der Waals surface area contributed by atoms with Crippen LogP contribution in [0.4, 0.5) is 0 Å². The summed E-state index contributed by atoms with van der Waals surface area (Å²) in [5.41, 5.74) is 1.08. The number of nitrogens with zero attached hydrogens (tertiary/aromatic N) is 1. The van der Waals surface area contributed by atoms with Crippen molar-refractivity contribution in [2.24, 2.45) is 5.92 Å². The van der Waals surface area contributed by atoms with Crippen molar-refractivity contribution in [2.45, 2.75) is 39.3 Å². The zero-order chi connectivity index (χ0) is 16.1. The third-order valence-corrected chi connectivity index (χ3v) is 3.94. The standard InChI is InChI=1S/C17H23ClN2O2/c1-12(9-13(2)21)11-19-17(22)6-8-20-7-5-14-10-15(18)3-4-16(14)20/h3-5,7,10,12-13,21H,6,8-9,11H2,1-2H3,(H,19,22). The average molecular weight is 323 g/mol. The molecule has 5 heteroatoms. The first-order valence-electron chi connectivity index (χ1n) is 7.65. The van der Waals surface area contributed by atoms with Crippen LogP contribution in [0.25, 0.3) is 10.9 Å². The van der Waals surface area contributed by atoms with Crippen LogP contribution in [0.3, 0.4) is 0 Å². The summed E-state index contributed by atoms with van der Waals surface area (Å²) in [6, 6.07) is 7.76. The summed E-state index contributed by atoms with van der Waals surface area (Å²) in [7, 11) is 0. The summed E-state index contributed by atoms with van der Waals surface area (Å²) in [6.07, 6.45) is 2.78. The normalized spacial score (nSPS) is 14.0. The Morgan fingerprint density at radius 2 is 2.14 bits per heavy atom. The molecule has 2 rings (SSSR count). The first-order chi connectivity index (χ1) is 10.5. The van der Waals surface area contributed by atoms with E-state index in [-0.39, 0.29) is 17.9 Å². The van der Waals surface area contributed by atoms with Gasteiger partial charge in [-0.15, -0.1) is 0 Å². The fourth-order valence-electron chi connectivity index (χ4n) is 2.63. The largest absolute Gasteiger partial charge is 0.393 e.